The normalized spacial score (nSPS) is 50.1. The second kappa shape index (κ2) is 1.74. The van der Waals surface area contributed by atoms with Crippen molar-refractivity contribution < 1.29 is 9.84 Å². The highest BCUT2D eigenvalue weighted by molar-refractivity contribution is 5.07. The first-order valence-corrected chi connectivity index (χ1v) is 3.93. The zero-order valence-electron chi connectivity index (χ0n) is 6.50. The molecule has 58 valence electrons. The SMILES string of the molecule is CC1(C)[C@H](O)[C@H]2CCO[C@@H]21. The number of aliphatic hydroxyl groups is 1. The Kier molecular flexibility index (Phi) is 1.15. The van der Waals surface area contributed by atoms with E-state index in [0.29, 0.717) is 12.0 Å². The fourth-order valence-corrected chi connectivity index (χ4v) is 2.30. The second-order valence-electron chi connectivity index (χ2n) is 4.01. The zero-order valence-corrected chi connectivity index (χ0v) is 6.50. The minimum Gasteiger partial charge on any atom is -0.392 e. The fraction of sp³-hybridized carbons (Fsp3) is 1.00. The van der Waals surface area contributed by atoms with Crippen molar-refractivity contribution in [3.63, 3.8) is 0 Å². The highest BCUT2D eigenvalue weighted by Gasteiger charge is 2.58. The molecule has 0 bridgehead atoms. The number of hydrogen-bond acceptors (Lipinski definition) is 2. The van der Waals surface area contributed by atoms with Crippen molar-refractivity contribution in [1.82, 2.24) is 0 Å². The topological polar surface area (TPSA) is 29.5 Å². The van der Waals surface area contributed by atoms with Crippen molar-refractivity contribution >= 4 is 0 Å². The van der Waals surface area contributed by atoms with Crippen LogP contribution < -0.4 is 0 Å². The van der Waals surface area contributed by atoms with Crippen LogP contribution in [-0.4, -0.2) is 23.9 Å². The maximum atomic E-state index is 9.57. The summed E-state index contributed by atoms with van der Waals surface area (Å²) < 4.78 is 5.48. The van der Waals surface area contributed by atoms with Crippen LogP contribution in [0.5, 0.6) is 0 Å². The molecule has 0 spiro atoms. The van der Waals surface area contributed by atoms with Gasteiger partial charge in [-0.15, -0.1) is 0 Å². The molecule has 0 aromatic rings. The molecule has 2 aliphatic rings. The monoisotopic (exact) mass is 142 g/mol. The first kappa shape index (κ1) is 6.62. The molecule has 2 heteroatoms. The van der Waals surface area contributed by atoms with Crippen LogP contribution in [-0.2, 0) is 4.74 Å². The van der Waals surface area contributed by atoms with E-state index in [0.717, 1.165) is 13.0 Å². The number of fused-ring (bicyclic) bond motifs is 1. The van der Waals surface area contributed by atoms with Crippen LogP contribution in [0.4, 0.5) is 0 Å². The molecule has 1 saturated carbocycles. The van der Waals surface area contributed by atoms with E-state index in [4.69, 9.17) is 4.74 Å². The third-order valence-corrected chi connectivity index (χ3v) is 3.04. The van der Waals surface area contributed by atoms with Crippen molar-refractivity contribution in [2.24, 2.45) is 11.3 Å². The van der Waals surface area contributed by atoms with Gasteiger partial charge >= 0.3 is 0 Å². The van der Waals surface area contributed by atoms with Crippen LogP contribution in [0.3, 0.4) is 0 Å². The van der Waals surface area contributed by atoms with Gasteiger partial charge < -0.3 is 9.84 Å². The standard InChI is InChI=1S/C8H14O2/c1-8(2)6(9)5-3-4-10-7(5)8/h5-7,9H,3-4H2,1-2H3/t5-,6-,7+/m1/s1. The minimum absolute atomic E-state index is 0.0150. The maximum absolute atomic E-state index is 9.57. The minimum atomic E-state index is -0.125. The van der Waals surface area contributed by atoms with Crippen LogP contribution in [0.1, 0.15) is 20.3 Å². The quantitative estimate of drug-likeness (QED) is 0.542. The van der Waals surface area contributed by atoms with E-state index in [2.05, 4.69) is 13.8 Å². The first-order chi connectivity index (χ1) is 4.64. The molecule has 2 fully saturated rings. The van der Waals surface area contributed by atoms with Crippen LogP contribution in [0.15, 0.2) is 0 Å². The Morgan fingerprint density at radius 2 is 2.20 bits per heavy atom. The summed E-state index contributed by atoms with van der Waals surface area (Å²) in [6.07, 6.45) is 1.26. The Morgan fingerprint density at radius 1 is 1.50 bits per heavy atom. The Hall–Kier alpha value is -0.0800. The molecule has 10 heavy (non-hydrogen) atoms. The van der Waals surface area contributed by atoms with Crippen molar-refractivity contribution in [1.29, 1.82) is 0 Å². The number of aliphatic hydroxyl groups excluding tert-OH is 1. The summed E-state index contributed by atoms with van der Waals surface area (Å²) in [5.41, 5.74) is 0.0150. The number of rotatable bonds is 0. The largest absolute Gasteiger partial charge is 0.392 e. The van der Waals surface area contributed by atoms with Gasteiger partial charge in [0, 0.05) is 17.9 Å². The molecule has 1 aliphatic carbocycles. The van der Waals surface area contributed by atoms with Gasteiger partial charge in [-0.25, -0.2) is 0 Å². The van der Waals surface area contributed by atoms with Crippen molar-refractivity contribution in [3.8, 4) is 0 Å². The first-order valence-electron chi connectivity index (χ1n) is 3.93. The summed E-state index contributed by atoms with van der Waals surface area (Å²) in [6, 6.07) is 0. The van der Waals surface area contributed by atoms with E-state index >= 15 is 0 Å². The predicted molar refractivity (Wildman–Crippen MR) is 37.6 cm³/mol. The highest BCUT2D eigenvalue weighted by atomic mass is 16.5. The Labute approximate surface area is 61.2 Å². The fourth-order valence-electron chi connectivity index (χ4n) is 2.30. The third kappa shape index (κ3) is 0.565. The molecule has 2 nitrogen and oxygen atoms in total. The van der Waals surface area contributed by atoms with Crippen LogP contribution in [0, 0.1) is 11.3 Å². The van der Waals surface area contributed by atoms with Gasteiger partial charge in [-0.2, -0.15) is 0 Å². The second-order valence-corrected chi connectivity index (χ2v) is 4.01. The molecule has 3 atom stereocenters. The molecule has 0 aromatic carbocycles. The van der Waals surface area contributed by atoms with Gasteiger partial charge in [-0.1, -0.05) is 13.8 Å². The lowest BCUT2D eigenvalue weighted by Crippen LogP contribution is -2.59. The smallest absolute Gasteiger partial charge is 0.0704 e. The molecule has 0 aromatic heterocycles. The van der Waals surface area contributed by atoms with E-state index in [-0.39, 0.29) is 11.5 Å². The van der Waals surface area contributed by atoms with Crippen molar-refractivity contribution in [3.05, 3.63) is 0 Å². The summed E-state index contributed by atoms with van der Waals surface area (Å²) in [7, 11) is 0. The average Bonchev–Trinajstić information content (AvgIpc) is 2.31. The molecule has 0 unspecified atom stereocenters. The summed E-state index contributed by atoms with van der Waals surface area (Å²) in [5.74, 6) is 0.440. The van der Waals surface area contributed by atoms with Crippen molar-refractivity contribution in [2.45, 2.75) is 32.5 Å². The predicted octanol–water partition coefficient (Wildman–Crippen LogP) is 0.792. The third-order valence-electron chi connectivity index (χ3n) is 3.04. The van der Waals surface area contributed by atoms with Gasteiger partial charge in [0.05, 0.1) is 12.2 Å². The number of hydrogen-bond donors (Lipinski definition) is 1. The van der Waals surface area contributed by atoms with Gasteiger partial charge in [0.25, 0.3) is 0 Å². The highest BCUT2D eigenvalue weighted by Crippen LogP contribution is 2.51. The van der Waals surface area contributed by atoms with E-state index in [1.54, 1.807) is 0 Å². The van der Waals surface area contributed by atoms with Gasteiger partial charge in [0.15, 0.2) is 0 Å². The van der Waals surface area contributed by atoms with E-state index in [9.17, 15) is 5.11 Å². The lowest BCUT2D eigenvalue weighted by Gasteiger charge is -2.51. The van der Waals surface area contributed by atoms with Gasteiger partial charge in [0.2, 0.25) is 0 Å². The van der Waals surface area contributed by atoms with Crippen molar-refractivity contribution in [2.75, 3.05) is 6.61 Å². The van der Waals surface area contributed by atoms with Gasteiger partial charge in [-0.3, -0.25) is 0 Å². The molecule has 1 saturated heterocycles. The number of ether oxygens (including phenoxy) is 1. The Bertz CT molecular complexity index is 153. The average molecular weight is 142 g/mol. The molecular weight excluding hydrogens is 128 g/mol. The lowest BCUT2D eigenvalue weighted by atomic mass is 9.59. The summed E-state index contributed by atoms with van der Waals surface area (Å²) >= 11 is 0. The van der Waals surface area contributed by atoms with E-state index < -0.39 is 0 Å². The molecule has 1 heterocycles. The maximum Gasteiger partial charge on any atom is 0.0704 e. The molecular formula is C8H14O2. The molecule has 1 N–H and O–H groups in total. The summed E-state index contributed by atoms with van der Waals surface area (Å²) in [5, 5.41) is 9.57. The van der Waals surface area contributed by atoms with Gasteiger partial charge in [-0.05, 0) is 6.42 Å². The van der Waals surface area contributed by atoms with Crippen LogP contribution in [0.2, 0.25) is 0 Å². The molecule has 2 rings (SSSR count). The lowest BCUT2D eigenvalue weighted by molar-refractivity contribution is -0.181. The molecule has 0 radical (unpaired) electrons. The Morgan fingerprint density at radius 3 is 2.80 bits per heavy atom. The van der Waals surface area contributed by atoms with E-state index in [1.807, 2.05) is 0 Å². The summed E-state index contributed by atoms with van der Waals surface area (Å²) in [6.45, 7) is 4.99. The Balaban J connectivity index is 2.15. The molecule has 1 aliphatic heterocycles. The van der Waals surface area contributed by atoms with Crippen LogP contribution >= 0.6 is 0 Å². The van der Waals surface area contributed by atoms with Crippen LogP contribution in [0.25, 0.3) is 0 Å². The molecule has 0 amide bonds. The van der Waals surface area contributed by atoms with Gasteiger partial charge in [0.1, 0.15) is 0 Å². The summed E-state index contributed by atoms with van der Waals surface area (Å²) in [4.78, 5) is 0. The van der Waals surface area contributed by atoms with E-state index in [1.165, 1.54) is 0 Å². The zero-order chi connectivity index (χ0) is 7.35.